The maximum atomic E-state index is 13.3. The van der Waals surface area contributed by atoms with Gasteiger partial charge in [0.05, 0.1) is 28.5 Å². The SMILES string of the molecule is Cn1ncc2c(Nc3cc(-c4ccc(C(F)(F)F)cc4)ccn3)cc(C(F)(F)F)cc21. The summed E-state index contributed by atoms with van der Waals surface area (Å²) in [5.41, 5.74) is -0.0996. The van der Waals surface area contributed by atoms with E-state index in [2.05, 4.69) is 15.4 Å². The van der Waals surface area contributed by atoms with E-state index in [-0.39, 0.29) is 17.0 Å². The van der Waals surface area contributed by atoms with Crippen LogP contribution >= 0.6 is 0 Å². The van der Waals surface area contributed by atoms with Gasteiger partial charge in [-0.3, -0.25) is 4.68 Å². The molecule has 0 aliphatic heterocycles. The highest BCUT2D eigenvalue weighted by molar-refractivity contribution is 5.94. The fourth-order valence-electron chi connectivity index (χ4n) is 3.18. The van der Waals surface area contributed by atoms with Crippen LogP contribution in [-0.4, -0.2) is 14.8 Å². The third kappa shape index (κ3) is 4.18. The van der Waals surface area contributed by atoms with E-state index < -0.39 is 23.5 Å². The Bertz CT molecular complexity index is 1240. The number of nitrogens with zero attached hydrogens (tertiary/aromatic N) is 3. The summed E-state index contributed by atoms with van der Waals surface area (Å²) in [5, 5.41) is 7.36. The first-order chi connectivity index (χ1) is 14.5. The molecule has 0 amide bonds. The molecule has 0 saturated heterocycles. The zero-order valence-electron chi connectivity index (χ0n) is 15.9. The Labute approximate surface area is 172 Å². The lowest BCUT2D eigenvalue weighted by molar-refractivity contribution is -0.138. The average Bonchev–Trinajstić information content (AvgIpc) is 3.08. The molecule has 0 bridgehead atoms. The normalized spacial score (nSPS) is 12.4. The van der Waals surface area contributed by atoms with Gasteiger partial charge in [0.1, 0.15) is 5.82 Å². The quantitative estimate of drug-likeness (QED) is 0.377. The van der Waals surface area contributed by atoms with E-state index in [9.17, 15) is 26.3 Å². The fourth-order valence-corrected chi connectivity index (χ4v) is 3.18. The molecule has 1 N–H and O–H groups in total. The second-order valence-electron chi connectivity index (χ2n) is 6.85. The molecular formula is C21H14F6N4. The summed E-state index contributed by atoms with van der Waals surface area (Å²) >= 11 is 0. The van der Waals surface area contributed by atoms with Crippen molar-refractivity contribution < 1.29 is 26.3 Å². The van der Waals surface area contributed by atoms with Crippen molar-refractivity contribution in [2.24, 2.45) is 7.05 Å². The maximum Gasteiger partial charge on any atom is 0.416 e. The van der Waals surface area contributed by atoms with E-state index in [1.807, 2.05) is 0 Å². The smallest absolute Gasteiger partial charge is 0.340 e. The maximum absolute atomic E-state index is 13.3. The highest BCUT2D eigenvalue weighted by Crippen LogP contribution is 2.36. The van der Waals surface area contributed by atoms with Crippen molar-refractivity contribution in [2.45, 2.75) is 12.4 Å². The van der Waals surface area contributed by atoms with Crippen LogP contribution in [-0.2, 0) is 19.4 Å². The van der Waals surface area contributed by atoms with E-state index in [4.69, 9.17) is 0 Å². The van der Waals surface area contributed by atoms with Crippen molar-refractivity contribution in [2.75, 3.05) is 5.32 Å². The van der Waals surface area contributed by atoms with Crippen LogP contribution in [0.3, 0.4) is 0 Å². The van der Waals surface area contributed by atoms with Crippen LogP contribution in [0.25, 0.3) is 22.0 Å². The van der Waals surface area contributed by atoms with Crippen LogP contribution in [0.2, 0.25) is 0 Å². The minimum Gasteiger partial charge on any atom is -0.340 e. The van der Waals surface area contributed by atoms with Crippen LogP contribution in [0.15, 0.2) is 60.9 Å². The molecule has 4 rings (SSSR count). The van der Waals surface area contributed by atoms with Crippen LogP contribution in [0, 0.1) is 0 Å². The van der Waals surface area contributed by atoms with E-state index in [0.29, 0.717) is 16.5 Å². The predicted molar refractivity (Wildman–Crippen MR) is 104 cm³/mol. The second-order valence-corrected chi connectivity index (χ2v) is 6.85. The molecule has 2 heterocycles. The zero-order valence-corrected chi connectivity index (χ0v) is 15.9. The lowest BCUT2D eigenvalue weighted by atomic mass is 10.0. The van der Waals surface area contributed by atoms with E-state index in [1.54, 1.807) is 12.1 Å². The van der Waals surface area contributed by atoms with E-state index >= 15 is 0 Å². The summed E-state index contributed by atoms with van der Waals surface area (Å²) in [6.45, 7) is 0. The van der Waals surface area contributed by atoms with E-state index in [1.165, 1.54) is 36.3 Å². The molecule has 0 aliphatic carbocycles. The molecule has 0 radical (unpaired) electrons. The molecule has 160 valence electrons. The van der Waals surface area contributed by atoms with Gasteiger partial charge in [-0.25, -0.2) is 4.98 Å². The van der Waals surface area contributed by atoms with Crippen molar-refractivity contribution >= 4 is 22.4 Å². The van der Waals surface area contributed by atoms with Gasteiger partial charge in [0.2, 0.25) is 0 Å². The molecule has 0 fully saturated rings. The third-order valence-corrected chi connectivity index (χ3v) is 4.76. The highest BCUT2D eigenvalue weighted by Gasteiger charge is 2.32. The van der Waals surface area contributed by atoms with Crippen molar-refractivity contribution in [3.05, 3.63) is 72.1 Å². The largest absolute Gasteiger partial charge is 0.416 e. The number of aromatic nitrogens is 3. The Hall–Kier alpha value is -3.56. The van der Waals surface area contributed by atoms with Crippen molar-refractivity contribution in [1.82, 2.24) is 14.8 Å². The van der Waals surface area contributed by atoms with Crippen LogP contribution in [0.1, 0.15) is 11.1 Å². The van der Waals surface area contributed by atoms with Gasteiger partial charge < -0.3 is 5.32 Å². The average molecular weight is 436 g/mol. The lowest BCUT2D eigenvalue weighted by Gasteiger charge is -2.13. The van der Waals surface area contributed by atoms with Gasteiger partial charge >= 0.3 is 12.4 Å². The van der Waals surface area contributed by atoms with Gasteiger partial charge in [0, 0.05) is 18.6 Å². The van der Waals surface area contributed by atoms with Gasteiger partial charge in [-0.1, -0.05) is 12.1 Å². The molecule has 31 heavy (non-hydrogen) atoms. The Kier molecular flexibility index (Phi) is 4.87. The van der Waals surface area contributed by atoms with Gasteiger partial charge in [0.15, 0.2) is 0 Å². The molecule has 4 nitrogen and oxygen atoms in total. The van der Waals surface area contributed by atoms with E-state index in [0.717, 1.165) is 24.3 Å². The number of anilines is 2. The number of halogens is 6. The number of alkyl halides is 6. The van der Waals surface area contributed by atoms with Crippen molar-refractivity contribution in [3.8, 4) is 11.1 Å². The number of hydrogen-bond acceptors (Lipinski definition) is 3. The fraction of sp³-hybridized carbons (Fsp3) is 0.143. The van der Waals surface area contributed by atoms with Gasteiger partial charge in [0.25, 0.3) is 0 Å². The molecular weight excluding hydrogens is 422 g/mol. The Morgan fingerprint density at radius 3 is 2.13 bits per heavy atom. The number of fused-ring (bicyclic) bond motifs is 1. The molecule has 0 aliphatic rings. The standard InChI is InChI=1S/C21H14F6N4/c1-31-18-10-15(21(25,26)27)9-17(16(18)11-29-31)30-19-8-13(6-7-28-19)12-2-4-14(5-3-12)20(22,23)24/h2-11H,1H3,(H,28,30). The molecule has 0 atom stereocenters. The molecule has 0 unspecified atom stereocenters. The monoisotopic (exact) mass is 436 g/mol. The van der Waals surface area contributed by atoms with Gasteiger partial charge in [-0.2, -0.15) is 31.4 Å². The number of pyridine rings is 1. The minimum atomic E-state index is -4.55. The minimum absolute atomic E-state index is 0.162. The molecule has 0 spiro atoms. The molecule has 2 aromatic carbocycles. The Balaban J connectivity index is 1.71. The highest BCUT2D eigenvalue weighted by atomic mass is 19.4. The number of aryl methyl sites for hydroxylation is 1. The first-order valence-corrected chi connectivity index (χ1v) is 8.96. The summed E-state index contributed by atoms with van der Waals surface area (Å²) in [5.74, 6) is 0.238. The van der Waals surface area contributed by atoms with Crippen molar-refractivity contribution in [1.29, 1.82) is 0 Å². The molecule has 10 heteroatoms. The van der Waals surface area contributed by atoms with Crippen molar-refractivity contribution in [3.63, 3.8) is 0 Å². The summed E-state index contributed by atoms with van der Waals surface area (Å²) in [7, 11) is 1.54. The van der Waals surface area contributed by atoms with Gasteiger partial charge in [-0.15, -0.1) is 0 Å². The van der Waals surface area contributed by atoms with Gasteiger partial charge in [-0.05, 0) is 47.5 Å². The number of hydrogen-bond donors (Lipinski definition) is 1. The Morgan fingerprint density at radius 1 is 0.806 bits per heavy atom. The number of nitrogens with one attached hydrogen (secondary N) is 1. The number of benzene rings is 2. The summed E-state index contributed by atoms with van der Waals surface area (Å²) in [4.78, 5) is 4.12. The number of rotatable bonds is 3. The van der Waals surface area contributed by atoms with Crippen LogP contribution < -0.4 is 5.32 Å². The first kappa shape index (κ1) is 20.7. The van der Waals surface area contributed by atoms with Crippen LogP contribution in [0.5, 0.6) is 0 Å². The lowest BCUT2D eigenvalue weighted by Crippen LogP contribution is -2.06. The predicted octanol–water partition coefficient (Wildman–Crippen LogP) is 6.42. The summed E-state index contributed by atoms with van der Waals surface area (Å²) in [6, 6.07) is 9.71. The Morgan fingerprint density at radius 2 is 1.48 bits per heavy atom. The topological polar surface area (TPSA) is 42.7 Å². The summed E-state index contributed by atoms with van der Waals surface area (Å²) in [6.07, 6.45) is -6.13. The summed E-state index contributed by atoms with van der Waals surface area (Å²) < 4.78 is 79.6. The molecule has 0 saturated carbocycles. The first-order valence-electron chi connectivity index (χ1n) is 8.96. The molecule has 4 aromatic rings. The van der Waals surface area contributed by atoms with Crippen LogP contribution in [0.4, 0.5) is 37.8 Å². The second kappa shape index (κ2) is 7.29. The third-order valence-electron chi connectivity index (χ3n) is 4.76. The molecule has 2 aromatic heterocycles. The zero-order chi connectivity index (χ0) is 22.4.